The number of aromatic nitrogens is 3. The molecular weight excluding hydrogens is 348 g/mol. The SMILES string of the molecule is O=S(=O)(Nc1nnc(CC2CCCC2)o1)c1ccc2ncsc2c1. The summed E-state index contributed by atoms with van der Waals surface area (Å²) in [6, 6.07) is 4.69. The van der Waals surface area contributed by atoms with Crippen LogP contribution in [0.1, 0.15) is 31.6 Å². The van der Waals surface area contributed by atoms with Gasteiger partial charge >= 0.3 is 6.01 Å². The van der Waals surface area contributed by atoms with E-state index in [-0.39, 0.29) is 10.9 Å². The molecular formula is C15H16N4O3S2. The zero-order valence-corrected chi connectivity index (χ0v) is 14.4. The van der Waals surface area contributed by atoms with Crippen molar-refractivity contribution in [1.82, 2.24) is 15.2 Å². The molecule has 2 heterocycles. The predicted molar refractivity (Wildman–Crippen MR) is 90.4 cm³/mol. The van der Waals surface area contributed by atoms with Gasteiger partial charge in [0.05, 0.1) is 20.6 Å². The van der Waals surface area contributed by atoms with Crippen LogP contribution in [-0.2, 0) is 16.4 Å². The van der Waals surface area contributed by atoms with Crippen molar-refractivity contribution < 1.29 is 12.8 Å². The first-order chi connectivity index (χ1) is 11.6. The van der Waals surface area contributed by atoms with Gasteiger partial charge in [-0.05, 0) is 37.0 Å². The monoisotopic (exact) mass is 364 g/mol. The number of rotatable bonds is 5. The Labute approximate surface area is 143 Å². The molecule has 0 saturated heterocycles. The minimum Gasteiger partial charge on any atom is -0.407 e. The fraction of sp³-hybridized carbons (Fsp3) is 0.400. The first-order valence-electron chi connectivity index (χ1n) is 7.79. The summed E-state index contributed by atoms with van der Waals surface area (Å²) in [7, 11) is -3.76. The van der Waals surface area contributed by atoms with Crippen LogP contribution in [0.25, 0.3) is 10.2 Å². The molecule has 1 aliphatic carbocycles. The van der Waals surface area contributed by atoms with Gasteiger partial charge in [0.25, 0.3) is 10.0 Å². The Morgan fingerprint density at radius 2 is 2.08 bits per heavy atom. The molecule has 1 saturated carbocycles. The second-order valence-electron chi connectivity index (χ2n) is 5.94. The van der Waals surface area contributed by atoms with Crippen molar-refractivity contribution in [3.8, 4) is 0 Å². The van der Waals surface area contributed by atoms with E-state index in [2.05, 4.69) is 19.9 Å². The number of hydrogen-bond donors (Lipinski definition) is 1. The second-order valence-corrected chi connectivity index (χ2v) is 8.51. The molecule has 1 aliphatic rings. The van der Waals surface area contributed by atoms with Gasteiger partial charge in [0.1, 0.15) is 0 Å². The van der Waals surface area contributed by atoms with Crippen LogP contribution in [0.4, 0.5) is 6.01 Å². The Bertz CT molecular complexity index is 958. The average Bonchev–Trinajstić information content (AvgIpc) is 3.28. The van der Waals surface area contributed by atoms with Crippen molar-refractivity contribution >= 4 is 37.6 Å². The number of sulfonamides is 1. The van der Waals surface area contributed by atoms with E-state index in [1.807, 2.05) is 0 Å². The smallest absolute Gasteiger partial charge is 0.329 e. The molecule has 0 radical (unpaired) electrons. The van der Waals surface area contributed by atoms with Gasteiger partial charge in [0.15, 0.2) is 0 Å². The van der Waals surface area contributed by atoms with E-state index in [9.17, 15) is 8.42 Å². The first-order valence-corrected chi connectivity index (χ1v) is 10.1. The number of hydrogen-bond acceptors (Lipinski definition) is 7. The van der Waals surface area contributed by atoms with Gasteiger partial charge in [0, 0.05) is 6.42 Å². The fourth-order valence-electron chi connectivity index (χ4n) is 3.02. The lowest BCUT2D eigenvalue weighted by molar-refractivity contribution is 0.439. The van der Waals surface area contributed by atoms with Crippen LogP contribution in [0.15, 0.2) is 33.0 Å². The van der Waals surface area contributed by atoms with Crippen LogP contribution in [0.3, 0.4) is 0 Å². The molecule has 9 heteroatoms. The second kappa shape index (κ2) is 6.14. The standard InChI is InChI=1S/C15H16N4O3S2/c20-24(21,11-5-6-12-13(8-11)23-9-16-12)19-15-18-17-14(22-15)7-10-3-1-2-4-10/h5-6,8-10H,1-4,7H2,(H,18,19). The van der Waals surface area contributed by atoms with Crippen molar-refractivity contribution in [1.29, 1.82) is 0 Å². The molecule has 4 rings (SSSR count). The number of fused-ring (bicyclic) bond motifs is 1. The maximum Gasteiger partial charge on any atom is 0.329 e. The number of anilines is 1. The molecule has 0 aliphatic heterocycles. The predicted octanol–water partition coefficient (Wildman–Crippen LogP) is 3.21. The minimum absolute atomic E-state index is 0.0904. The third-order valence-corrected chi connectivity index (χ3v) is 6.35. The summed E-state index contributed by atoms with van der Waals surface area (Å²) in [5, 5.41) is 7.75. The van der Waals surface area contributed by atoms with E-state index in [4.69, 9.17) is 4.42 Å². The van der Waals surface area contributed by atoms with Crippen molar-refractivity contribution in [2.75, 3.05) is 4.72 Å². The van der Waals surface area contributed by atoms with Gasteiger partial charge in [-0.25, -0.2) is 18.1 Å². The minimum atomic E-state index is -3.76. The topological polar surface area (TPSA) is 98.0 Å². The highest BCUT2D eigenvalue weighted by molar-refractivity contribution is 7.92. The van der Waals surface area contributed by atoms with E-state index >= 15 is 0 Å². The summed E-state index contributed by atoms with van der Waals surface area (Å²) in [4.78, 5) is 4.29. The van der Waals surface area contributed by atoms with Crippen molar-refractivity contribution in [2.45, 2.75) is 37.0 Å². The maximum atomic E-state index is 12.5. The lowest BCUT2D eigenvalue weighted by Crippen LogP contribution is -2.13. The number of thiazole rings is 1. The molecule has 126 valence electrons. The summed E-state index contributed by atoms with van der Waals surface area (Å²) in [6.07, 6.45) is 5.51. The van der Waals surface area contributed by atoms with Crippen molar-refractivity contribution in [2.24, 2.45) is 5.92 Å². The van der Waals surface area contributed by atoms with E-state index in [0.717, 1.165) is 23.1 Å². The Kier molecular flexibility index (Phi) is 3.97. The largest absolute Gasteiger partial charge is 0.407 e. The Morgan fingerprint density at radius 1 is 1.25 bits per heavy atom. The zero-order chi connectivity index (χ0) is 16.6. The van der Waals surface area contributed by atoms with E-state index in [0.29, 0.717) is 18.2 Å². The average molecular weight is 364 g/mol. The van der Waals surface area contributed by atoms with Crippen LogP contribution in [-0.4, -0.2) is 23.6 Å². The summed E-state index contributed by atoms with van der Waals surface area (Å²) >= 11 is 1.39. The number of benzene rings is 1. The van der Waals surface area contributed by atoms with Crippen LogP contribution in [0, 0.1) is 5.92 Å². The molecule has 3 aromatic rings. The van der Waals surface area contributed by atoms with Crippen molar-refractivity contribution in [3.05, 3.63) is 29.6 Å². The molecule has 0 spiro atoms. The van der Waals surface area contributed by atoms with Crippen LogP contribution < -0.4 is 4.72 Å². The molecule has 0 amide bonds. The third-order valence-electron chi connectivity index (χ3n) is 4.24. The molecule has 7 nitrogen and oxygen atoms in total. The molecule has 1 fully saturated rings. The summed E-state index contributed by atoms with van der Waals surface area (Å²) in [5.74, 6) is 1.04. The molecule has 0 unspecified atom stereocenters. The van der Waals surface area contributed by atoms with Gasteiger partial charge in [-0.2, -0.15) is 0 Å². The molecule has 0 atom stereocenters. The zero-order valence-electron chi connectivity index (χ0n) is 12.8. The van der Waals surface area contributed by atoms with Gasteiger partial charge in [-0.1, -0.05) is 17.9 Å². The molecule has 1 N–H and O–H groups in total. The van der Waals surface area contributed by atoms with Gasteiger partial charge < -0.3 is 4.42 Å². The normalized spacial score (nSPS) is 16.0. The van der Waals surface area contributed by atoms with Crippen molar-refractivity contribution in [3.63, 3.8) is 0 Å². The maximum absolute atomic E-state index is 12.5. The van der Waals surface area contributed by atoms with Gasteiger partial charge in [0.2, 0.25) is 5.89 Å². The Hall–Kier alpha value is -2.00. The van der Waals surface area contributed by atoms with E-state index in [1.165, 1.54) is 30.2 Å². The summed E-state index contributed by atoms with van der Waals surface area (Å²) < 4.78 is 33.5. The lowest BCUT2D eigenvalue weighted by atomic mass is 10.0. The summed E-state index contributed by atoms with van der Waals surface area (Å²) in [5.41, 5.74) is 2.46. The van der Waals surface area contributed by atoms with Gasteiger partial charge in [-0.15, -0.1) is 16.4 Å². The highest BCUT2D eigenvalue weighted by Crippen LogP contribution is 2.28. The molecule has 24 heavy (non-hydrogen) atoms. The van der Waals surface area contributed by atoms with Crippen LogP contribution >= 0.6 is 11.3 Å². The van der Waals surface area contributed by atoms with Gasteiger partial charge in [-0.3, -0.25) is 0 Å². The first kappa shape index (κ1) is 15.5. The van der Waals surface area contributed by atoms with E-state index < -0.39 is 10.0 Å². The highest BCUT2D eigenvalue weighted by atomic mass is 32.2. The number of nitrogens with one attached hydrogen (secondary N) is 1. The fourth-order valence-corrected chi connectivity index (χ4v) is 4.76. The van der Waals surface area contributed by atoms with Crippen LogP contribution in [0.2, 0.25) is 0 Å². The third kappa shape index (κ3) is 3.13. The Morgan fingerprint density at radius 3 is 2.92 bits per heavy atom. The molecule has 2 aromatic heterocycles. The molecule has 0 bridgehead atoms. The lowest BCUT2D eigenvalue weighted by Gasteiger charge is -2.05. The van der Waals surface area contributed by atoms with Crippen LogP contribution in [0.5, 0.6) is 0 Å². The quantitative estimate of drug-likeness (QED) is 0.746. The molecule has 1 aromatic carbocycles. The highest BCUT2D eigenvalue weighted by Gasteiger charge is 2.21. The summed E-state index contributed by atoms with van der Waals surface area (Å²) in [6.45, 7) is 0. The van der Waals surface area contributed by atoms with E-state index in [1.54, 1.807) is 17.6 Å². The Balaban J connectivity index is 1.51. The number of nitrogens with zero attached hydrogens (tertiary/aromatic N) is 3.